The molecule has 2 heteroatoms. The molecule has 1 rings (SSSR count). The molecular formula is C8H9FN. The molecule has 2 N–H and O–H groups in total. The van der Waals surface area contributed by atoms with E-state index >= 15 is 0 Å². The third kappa shape index (κ3) is 1.26. The van der Waals surface area contributed by atoms with E-state index in [-0.39, 0.29) is 11.5 Å². The van der Waals surface area contributed by atoms with Gasteiger partial charge in [0.05, 0.1) is 5.69 Å². The summed E-state index contributed by atoms with van der Waals surface area (Å²) in [4.78, 5) is 0. The summed E-state index contributed by atoms with van der Waals surface area (Å²) in [5, 5.41) is 0. The Morgan fingerprint density at radius 1 is 1.50 bits per heavy atom. The Morgan fingerprint density at radius 2 is 2.20 bits per heavy atom. The first-order valence-corrected chi connectivity index (χ1v) is 3.08. The maximum absolute atomic E-state index is 12.6. The van der Waals surface area contributed by atoms with Crippen molar-refractivity contribution in [3.8, 4) is 0 Å². The van der Waals surface area contributed by atoms with Crippen molar-refractivity contribution in [2.24, 2.45) is 0 Å². The Labute approximate surface area is 59.7 Å². The fourth-order valence-corrected chi connectivity index (χ4v) is 0.723. The van der Waals surface area contributed by atoms with Crippen molar-refractivity contribution in [2.45, 2.75) is 6.92 Å². The van der Waals surface area contributed by atoms with E-state index < -0.39 is 0 Å². The van der Waals surface area contributed by atoms with E-state index in [1.54, 1.807) is 12.1 Å². The lowest BCUT2D eigenvalue weighted by molar-refractivity contribution is 0.631. The largest absolute Gasteiger partial charge is 0.396 e. The number of benzene rings is 1. The summed E-state index contributed by atoms with van der Waals surface area (Å²) in [7, 11) is 0. The fraction of sp³-hybridized carbons (Fsp3) is 0.125. The number of nitrogen functional groups attached to an aromatic ring is 1. The molecule has 0 fully saturated rings. The summed E-state index contributed by atoms with van der Waals surface area (Å²) in [6.45, 7) is 1.85. The van der Waals surface area contributed by atoms with E-state index in [0.717, 1.165) is 5.56 Å². The maximum Gasteiger partial charge on any atom is 0.146 e. The highest BCUT2D eigenvalue weighted by molar-refractivity contribution is 5.42. The van der Waals surface area contributed by atoms with E-state index in [1.807, 2.05) is 13.3 Å². The quantitative estimate of drug-likeness (QED) is 0.590. The Morgan fingerprint density at radius 3 is 2.70 bits per heavy atom. The van der Waals surface area contributed by atoms with Crippen molar-refractivity contribution in [3.05, 3.63) is 36.0 Å². The third-order valence-electron chi connectivity index (χ3n) is 1.36. The number of hydrogen-bond donors (Lipinski definition) is 1. The summed E-state index contributed by atoms with van der Waals surface area (Å²) in [5.41, 5.74) is 6.31. The van der Waals surface area contributed by atoms with E-state index in [9.17, 15) is 4.39 Å². The predicted octanol–water partition coefficient (Wildman–Crippen LogP) is 1.98. The molecule has 0 bridgehead atoms. The monoisotopic (exact) mass is 138 g/mol. The lowest BCUT2D eigenvalue weighted by Crippen LogP contribution is -1.90. The highest BCUT2D eigenvalue weighted by Gasteiger charge is 1.96. The first-order valence-electron chi connectivity index (χ1n) is 3.08. The van der Waals surface area contributed by atoms with Gasteiger partial charge >= 0.3 is 0 Å². The lowest BCUT2D eigenvalue weighted by atomic mass is 10.1. The van der Waals surface area contributed by atoms with Gasteiger partial charge in [0.1, 0.15) is 5.82 Å². The average molecular weight is 138 g/mol. The molecule has 0 unspecified atom stereocenters. The molecule has 0 aromatic heterocycles. The van der Waals surface area contributed by atoms with Crippen LogP contribution in [0, 0.1) is 12.2 Å². The highest BCUT2D eigenvalue weighted by Crippen LogP contribution is 2.12. The number of hydrogen-bond acceptors (Lipinski definition) is 1. The summed E-state index contributed by atoms with van der Waals surface area (Å²) in [6, 6.07) is 4.75. The summed E-state index contributed by atoms with van der Waals surface area (Å²) in [6.07, 6.45) is 1.82. The fourth-order valence-electron chi connectivity index (χ4n) is 0.723. The molecule has 0 saturated carbocycles. The van der Waals surface area contributed by atoms with Crippen LogP contribution in [0.4, 0.5) is 10.1 Å². The number of halogens is 1. The Balaban J connectivity index is 3.04. The van der Waals surface area contributed by atoms with Gasteiger partial charge in [0.15, 0.2) is 0 Å². The molecule has 1 aromatic carbocycles. The van der Waals surface area contributed by atoms with Crippen LogP contribution in [-0.2, 0) is 0 Å². The van der Waals surface area contributed by atoms with Crippen molar-refractivity contribution in [2.75, 3.05) is 5.73 Å². The average Bonchev–Trinajstić information content (AvgIpc) is 1.95. The van der Waals surface area contributed by atoms with Crippen LogP contribution in [-0.4, -0.2) is 0 Å². The topological polar surface area (TPSA) is 26.0 Å². The minimum Gasteiger partial charge on any atom is -0.396 e. The van der Waals surface area contributed by atoms with E-state index in [2.05, 4.69) is 0 Å². The first-order chi connectivity index (χ1) is 4.74. The molecule has 0 spiro atoms. The van der Waals surface area contributed by atoms with Gasteiger partial charge < -0.3 is 5.73 Å². The molecule has 0 heterocycles. The first kappa shape index (κ1) is 7.06. The van der Waals surface area contributed by atoms with E-state index in [4.69, 9.17) is 5.73 Å². The summed E-state index contributed by atoms with van der Waals surface area (Å²) >= 11 is 0. The summed E-state index contributed by atoms with van der Waals surface area (Å²) in [5.74, 6) is -0.351. The molecule has 0 aliphatic carbocycles. The standard InChI is InChI=1S/C8H9FN/c1-2-6-3-4-8(10)7(9)5-6/h2-5H,10H2,1H3. The van der Waals surface area contributed by atoms with E-state index in [0.29, 0.717) is 0 Å². The Bertz CT molecular complexity index is 233. The minimum atomic E-state index is -0.351. The van der Waals surface area contributed by atoms with E-state index in [1.165, 1.54) is 6.07 Å². The Kier molecular flexibility index (Phi) is 1.90. The molecule has 0 aliphatic rings. The SMILES string of the molecule is C[CH]c1ccc(N)c(F)c1. The van der Waals surface area contributed by atoms with Crippen LogP contribution >= 0.6 is 0 Å². The van der Waals surface area contributed by atoms with Crippen LogP contribution in [0.3, 0.4) is 0 Å². The predicted molar refractivity (Wildman–Crippen MR) is 39.9 cm³/mol. The number of nitrogens with two attached hydrogens (primary N) is 1. The molecule has 0 amide bonds. The molecule has 1 radical (unpaired) electrons. The second kappa shape index (κ2) is 2.69. The van der Waals surface area contributed by atoms with Gasteiger partial charge in [0.25, 0.3) is 0 Å². The second-order valence-electron chi connectivity index (χ2n) is 2.07. The summed E-state index contributed by atoms with van der Waals surface area (Å²) < 4.78 is 12.6. The van der Waals surface area contributed by atoms with Gasteiger partial charge in [0, 0.05) is 0 Å². The van der Waals surface area contributed by atoms with Crippen molar-refractivity contribution in [1.29, 1.82) is 0 Å². The lowest BCUT2D eigenvalue weighted by Gasteiger charge is -1.97. The van der Waals surface area contributed by atoms with Crippen molar-refractivity contribution in [1.82, 2.24) is 0 Å². The molecule has 1 nitrogen and oxygen atoms in total. The zero-order valence-corrected chi connectivity index (χ0v) is 5.76. The minimum absolute atomic E-state index is 0.200. The van der Waals surface area contributed by atoms with Gasteiger partial charge in [-0.2, -0.15) is 0 Å². The molecule has 0 atom stereocenters. The van der Waals surface area contributed by atoms with Gasteiger partial charge in [-0.25, -0.2) is 4.39 Å². The Hall–Kier alpha value is -1.05. The molecule has 1 aromatic rings. The highest BCUT2D eigenvalue weighted by atomic mass is 19.1. The van der Waals surface area contributed by atoms with Gasteiger partial charge in [-0.1, -0.05) is 13.0 Å². The van der Waals surface area contributed by atoms with Gasteiger partial charge in [-0.05, 0) is 24.1 Å². The zero-order valence-electron chi connectivity index (χ0n) is 5.76. The van der Waals surface area contributed by atoms with Gasteiger partial charge in [-0.3, -0.25) is 0 Å². The van der Waals surface area contributed by atoms with Crippen LogP contribution < -0.4 is 5.73 Å². The van der Waals surface area contributed by atoms with Crippen LogP contribution in [0.25, 0.3) is 0 Å². The molecular weight excluding hydrogens is 129 g/mol. The van der Waals surface area contributed by atoms with Crippen LogP contribution in [0.1, 0.15) is 12.5 Å². The normalized spacial score (nSPS) is 9.80. The van der Waals surface area contributed by atoms with Crippen LogP contribution in [0.5, 0.6) is 0 Å². The van der Waals surface area contributed by atoms with Crippen LogP contribution in [0.15, 0.2) is 18.2 Å². The maximum atomic E-state index is 12.6. The van der Waals surface area contributed by atoms with Crippen LogP contribution in [0.2, 0.25) is 0 Å². The molecule has 0 saturated heterocycles. The third-order valence-corrected chi connectivity index (χ3v) is 1.36. The molecule has 53 valence electrons. The van der Waals surface area contributed by atoms with Crippen molar-refractivity contribution in [3.63, 3.8) is 0 Å². The molecule has 10 heavy (non-hydrogen) atoms. The molecule has 0 aliphatic heterocycles. The second-order valence-corrected chi connectivity index (χ2v) is 2.07. The zero-order chi connectivity index (χ0) is 7.56. The van der Waals surface area contributed by atoms with Gasteiger partial charge in [0.2, 0.25) is 0 Å². The smallest absolute Gasteiger partial charge is 0.146 e. The number of rotatable bonds is 1. The van der Waals surface area contributed by atoms with Crippen molar-refractivity contribution >= 4 is 5.69 Å². The van der Waals surface area contributed by atoms with Gasteiger partial charge in [-0.15, -0.1) is 0 Å². The number of anilines is 1. The van der Waals surface area contributed by atoms with Crippen molar-refractivity contribution < 1.29 is 4.39 Å².